The maximum Gasteiger partial charge on any atom is 0.319 e. The molecule has 0 radical (unpaired) electrons. The van der Waals surface area contributed by atoms with Crippen LogP contribution in [0.15, 0.2) is 24.3 Å². The van der Waals surface area contributed by atoms with Gasteiger partial charge in [-0.3, -0.25) is 4.90 Å². The molecule has 2 bridgehead atoms. The van der Waals surface area contributed by atoms with Gasteiger partial charge in [-0.2, -0.15) is 9.97 Å². The molecular weight excluding hydrogens is 536 g/mol. The van der Waals surface area contributed by atoms with Crippen LogP contribution in [0.1, 0.15) is 68.9 Å². The number of benzene rings is 2. The summed E-state index contributed by atoms with van der Waals surface area (Å²) < 4.78 is 37.5. The van der Waals surface area contributed by atoms with Gasteiger partial charge in [-0.25, -0.2) is 8.78 Å². The summed E-state index contributed by atoms with van der Waals surface area (Å²) in [6.45, 7) is 5.39. The van der Waals surface area contributed by atoms with Crippen molar-refractivity contribution in [3.8, 4) is 22.9 Å². The van der Waals surface area contributed by atoms with Gasteiger partial charge in [-0.1, -0.05) is 13.0 Å². The first kappa shape index (κ1) is 26.6. The highest BCUT2D eigenvalue weighted by atomic mass is 19.1. The van der Waals surface area contributed by atoms with Crippen LogP contribution < -0.4 is 15.0 Å². The second-order valence-corrected chi connectivity index (χ2v) is 13.4. The lowest BCUT2D eigenvalue weighted by atomic mass is 9.79. The minimum atomic E-state index is -0.853. The van der Waals surface area contributed by atoms with Gasteiger partial charge in [0.1, 0.15) is 29.9 Å². The van der Waals surface area contributed by atoms with Gasteiger partial charge in [-0.05, 0) is 92.3 Å². The van der Waals surface area contributed by atoms with E-state index >= 15 is 4.39 Å². The van der Waals surface area contributed by atoms with Crippen molar-refractivity contribution in [2.24, 2.45) is 0 Å². The highest BCUT2D eigenvalue weighted by molar-refractivity contribution is 5.94. The number of fused-ring (bicyclic) bond motifs is 5. The topological polar surface area (TPSA) is 73.8 Å². The van der Waals surface area contributed by atoms with Crippen molar-refractivity contribution < 1.29 is 18.6 Å². The summed E-state index contributed by atoms with van der Waals surface area (Å²) in [5, 5.41) is 14.9. The first-order valence-electron chi connectivity index (χ1n) is 15.8. The molecular formula is C33H39F2N5O2. The van der Waals surface area contributed by atoms with Crippen molar-refractivity contribution in [2.45, 2.75) is 88.0 Å². The third-order valence-corrected chi connectivity index (χ3v) is 10.6. The summed E-state index contributed by atoms with van der Waals surface area (Å²) in [4.78, 5) is 14.0. The van der Waals surface area contributed by atoms with Crippen LogP contribution in [0, 0.1) is 5.82 Å². The van der Waals surface area contributed by atoms with Crippen molar-refractivity contribution in [2.75, 3.05) is 37.7 Å². The number of piperazine rings is 1. The normalized spacial score (nSPS) is 30.6. The van der Waals surface area contributed by atoms with Crippen LogP contribution in [0.25, 0.3) is 22.0 Å². The number of rotatable bonds is 5. The second kappa shape index (κ2) is 10.0. The van der Waals surface area contributed by atoms with Crippen molar-refractivity contribution in [1.82, 2.24) is 20.2 Å². The number of aromatic hydroxyl groups is 1. The average molecular weight is 576 g/mol. The van der Waals surface area contributed by atoms with Crippen molar-refractivity contribution in [1.29, 1.82) is 0 Å². The molecule has 2 aromatic carbocycles. The maximum atomic E-state index is 16.8. The van der Waals surface area contributed by atoms with E-state index in [1.54, 1.807) is 6.07 Å². The molecule has 5 heterocycles. The molecule has 5 aliphatic rings. The number of anilines is 1. The number of aromatic nitrogens is 2. The van der Waals surface area contributed by atoms with E-state index in [1.165, 1.54) is 0 Å². The molecule has 0 amide bonds. The Morgan fingerprint density at radius 3 is 2.74 bits per heavy atom. The van der Waals surface area contributed by atoms with Crippen LogP contribution in [0.4, 0.5) is 14.6 Å². The van der Waals surface area contributed by atoms with E-state index in [2.05, 4.69) is 27.0 Å². The van der Waals surface area contributed by atoms with Gasteiger partial charge in [-0.15, -0.1) is 0 Å². The van der Waals surface area contributed by atoms with E-state index in [1.807, 2.05) is 18.2 Å². The Balaban J connectivity index is 1.24. The number of nitrogens with zero attached hydrogens (tertiary/aromatic N) is 4. The van der Waals surface area contributed by atoms with Crippen LogP contribution >= 0.6 is 0 Å². The summed E-state index contributed by atoms with van der Waals surface area (Å²) in [7, 11) is 0. The van der Waals surface area contributed by atoms with E-state index in [-0.39, 0.29) is 28.7 Å². The van der Waals surface area contributed by atoms with Crippen molar-refractivity contribution in [3.63, 3.8) is 0 Å². The maximum absolute atomic E-state index is 16.8. The van der Waals surface area contributed by atoms with Gasteiger partial charge in [0.2, 0.25) is 0 Å². The van der Waals surface area contributed by atoms with Crippen LogP contribution in [-0.4, -0.2) is 76.6 Å². The van der Waals surface area contributed by atoms with Crippen LogP contribution in [-0.2, 0) is 6.42 Å². The zero-order valence-corrected chi connectivity index (χ0v) is 24.2. The number of phenolic OH excluding ortho intramolecular Hbond substituents is 1. The molecule has 4 aliphatic heterocycles. The predicted molar refractivity (Wildman–Crippen MR) is 159 cm³/mol. The highest BCUT2D eigenvalue weighted by Crippen LogP contribution is 2.44. The minimum absolute atomic E-state index is 0.147. The lowest BCUT2D eigenvalue weighted by Gasteiger charge is -2.34. The Kier molecular flexibility index (Phi) is 6.34. The van der Waals surface area contributed by atoms with Gasteiger partial charge in [0.25, 0.3) is 0 Å². The molecule has 4 saturated heterocycles. The zero-order valence-electron chi connectivity index (χ0n) is 24.2. The van der Waals surface area contributed by atoms with Crippen LogP contribution in [0.3, 0.4) is 0 Å². The first-order chi connectivity index (χ1) is 20.4. The first-order valence-corrected chi connectivity index (χ1v) is 15.8. The molecule has 0 saturated carbocycles. The predicted octanol–water partition coefficient (Wildman–Crippen LogP) is 5.48. The molecule has 1 aromatic heterocycles. The molecule has 42 heavy (non-hydrogen) atoms. The molecule has 5 atom stereocenters. The Morgan fingerprint density at radius 1 is 1.07 bits per heavy atom. The summed E-state index contributed by atoms with van der Waals surface area (Å²) in [6, 6.07) is 8.20. The van der Waals surface area contributed by atoms with E-state index in [0.717, 1.165) is 81.3 Å². The van der Waals surface area contributed by atoms with Crippen LogP contribution in [0.5, 0.6) is 11.8 Å². The summed E-state index contributed by atoms with van der Waals surface area (Å²) in [5.41, 5.74) is 3.27. The molecule has 4 fully saturated rings. The third kappa shape index (κ3) is 4.34. The zero-order chi connectivity index (χ0) is 28.6. The fourth-order valence-corrected chi connectivity index (χ4v) is 8.71. The van der Waals surface area contributed by atoms with Crippen molar-refractivity contribution in [3.05, 3.63) is 41.2 Å². The van der Waals surface area contributed by atoms with Crippen LogP contribution in [0.2, 0.25) is 0 Å². The molecule has 222 valence electrons. The van der Waals surface area contributed by atoms with Gasteiger partial charge in [0, 0.05) is 49.1 Å². The highest BCUT2D eigenvalue weighted by Gasteiger charge is 2.49. The molecule has 2 N–H and O–H groups in total. The molecule has 0 spiro atoms. The van der Waals surface area contributed by atoms with E-state index in [0.29, 0.717) is 48.4 Å². The fourth-order valence-electron chi connectivity index (χ4n) is 8.71. The molecule has 3 aromatic rings. The average Bonchev–Trinajstić information content (AvgIpc) is 3.61. The Morgan fingerprint density at radius 2 is 1.90 bits per heavy atom. The summed E-state index contributed by atoms with van der Waals surface area (Å²) in [6.07, 6.45) is 6.72. The third-order valence-electron chi connectivity index (χ3n) is 10.6. The summed E-state index contributed by atoms with van der Waals surface area (Å²) in [5.74, 6) is 0.704. The molecule has 7 nitrogen and oxygen atoms in total. The number of phenols is 1. The number of hydrogen-bond acceptors (Lipinski definition) is 7. The number of halogens is 2. The molecule has 1 aliphatic carbocycles. The van der Waals surface area contributed by atoms with Gasteiger partial charge in [0.05, 0.1) is 5.54 Å². The molecule has 1 unspecified atom stereocenters. The number of aryl methyl sites for hydroxylation is 1. The number of nitrogens with one attached hydrogen (secondary N) is 1. The van der Waals surface area contributed by atoms with Gasteiger partial charge >= 0.3 is 6.01 Å². The van der Waals surface area contributed by atoms with E-state index in [4.69, 9.17) is 9.72 Å². The second-order valence-electron chi connectivity index (χ2n) is 13.4. The largest absolute Gasteiger partial charge is 0.508 e. The van der Waals surface area contributed by atoms with Crippen molar-refractivity contribution >= 4 is 16.7 Å². The number of ether oxygens (including phenoxy) is 1. The lowest BCUT2D eigenvalue weighted by Crippen LogP contribution is -2.51. The molecule has 9 heteroatoms. The quantitative estimate of drug-likeness (QED) is 0.418. The lowest BCUT2D eigenvalue weighted by molar-refractivity contribution is 0.107. The monoisotopic (exact) mass is 575 g/mol. The standard InChI is InChI=1S/C33H39F2N5O2/c1-19-4-2-5-20-12-24(41)13-27(28(19)20)25-8-9-26-30(29(25)35)37-32(38-31(26)39-16-22-6-7-23(17-39)36-22)42-18-33-10-3-11-40(33)15-21(34)14-33/h8-9,12-13,19,21-23,36,41H,2-7,10-11,14-18H2,1H3/t19?,21-,22-,23+,33+/m1/s1. The molecule has 8 rings (SSSR count). The summed E-state index contributed by atoms with van der Waals surface area (Å²) >= 11 is 0. The Labute approximate surface area is 245 Å². The number of hydrogen-bond donors (Lipinski definition) is 2. The van der Waals surface area contributed by atoms with Gasteiger partial charge < -0.3 is 20.1 Å². The smallest absolute Gasteiger partial charge is 0.319 e. The SMILES string of the molecule is CC1CCCc2cc(O)cc(-c3ccc4c(N5C[C@H]6CC[C@@H](C5)N6)nc(OC[C@@]56CCCN5C[C@H](F)C6)nc4c3F)c21. The Hall–Kier alpha value is -3.04. The minimum Gasteiger partial charge on any atom is -0.508 e. The van der Waals surface area contributed by atoms with E-state index in [9.17, 15) is 9.50 Å². The Bertz CT molecular complexity index is 1540. The van der Waals surface area contributed by atoms with Gasteiger partial charge in [0.15, 0.2) is 5.82 Å². The van der Waals surface area contributed by atoms with E-state index < -0.39 is 12.0 Å². The fraction of sp³-hybridized carbons (Fsp3) is 0.576. The number of alkyl halides is 1.